The number of halogens is 1. The maximum atomic E-state index is 13.6. The zero-order valence-corrected chi connectivity index (χ0v) is 12.3. The number of sulfonamides is 1. The van der Waals surface area contributed by atoms with Crippen LogP contribution in [0.25, 0.3) is 0 Å². The molecule has 1 aromatic rings. The summed E-state index contributed by atoms with van der Waals surface area (Å²) in [6.07, 6.45) is 0.838. The van der Waals surface area contributed by atoms with E-state index in [4.69, 9.17) is 10.5 Å². The molecule has 2 rings (SSSR count). The van der Waals surface area contributed by atoms with Gasteiger partial charge in [0, 0.05) is 30.3 Å². The Morgan fingerprint density at radius 1 is 1.50 bits per heavy atom. The fourth-order valence-electron chi connectivity index (χ4n) is 2.29. The summed E-state index contributed by atoms with van der Waals surface area (Å²) in [6.45, 7) is 4.25. The molecule has 2 atom stereocenters. The van der Waals surface area contributed by atoms with Gasteiger partial charge in [-0.1, -0.05) is 0 Å². The van der Waals surface area contributed by atoms with Crippen LogP contribution in [0.2, 0.25) is 0 Å². The summed E-state index contributed by atoms with van der Waals surface area (Å²) in [4.78, 5) is -0.110. The van der Waals surface area contributed by atoms with Gasteiger partial charge in [-0.15, -0.1) is 0 Å². The molecule has 0 bridgehead atoms. The Bertz CT molecular complexity index is 604. The van der Waals surface area contributed by atoms with Gasteiger partial charge in [-0.2, -0.15) is 0 Å². The lowest BCUT2D eigenvalue weighted by atomic mass is 10.0. The number of hydrogen-bond donors (Lipinski definition) is 2. The lowest BCUT2D eigenvalue weighted by Crippen LogP contribution is -2.32. The smallest absolute Gasteiger partial charge is 0.241 e. The molecule has 3 N–H and O–H groups in total. The number of benzene rings is 1. The monoisotopic (exact) mass is 302 g/mol. The topological polar surface area (TPSA) is 81.4 Å². The van der Waals surface area contributed by atoms with Crippen molar-refractivity contribution < 1.29 is 17.5 Å². The minimum atomic E-state index is -3.77. The zero-order chi connectivity index (χ0) is 14.9. The molecule has 1 aliphatic rings. The highest BCUT2D eigenvalue weighted by atomic mass is 32.2. The van der Waals surface area contributed by atoms with E-state index in [9.17, 15) is 12.8 Å². The summed E-state index contributed by atoms with van der Waals surface area (Å²) >= 11 is 0. The van der Waals surface area contributed by atoms with Crippen molar-refractivity contribution in [2.45, 2.75) is 31.3 Å². The molecular formula is C13H19FN2O3S. The van der Waals surface area contributed by atoms with Gasteiger partial charge in [-0.3, -0.25) is 0 Å². The summed E-state index contributed by atoms with van der Waals surface area (Å²) in [6, 6.07) is 2.39. The molecule has 20 heavy (non-hydrogen) atoms. The minimum absolute atomic E-state index is 0.0244. The van der Waals surface area contributed by atoms with Gasteiger partial charge in [0.2, 0.25) is 10.0 Å². The number of nitrogens with two attached hydrogens (primary N) is 1. The molecular weight excluding hydrogens is 283 g/mol. The maximum absolute atomic E-state index is 13.6. The van der Waals surface area contributed by atoms with Crippen molar-refractivity contribution in [3.8, 4) is 0 Å². The van der Waals surface area contributed by atoms with Crippen molar-refractivity contribution in [3.05, 3.63) is 23.5 Å². The lowest BCUT2D eigenvalue weighted by molar-refractivity contribution is 0.107. The first-order valence-corrected chi connectivity index (χ1v) is 7.96. The van der Waals surface area contributed by atoms with Gasteiger partial charge in [0.1, 0.15) is 5.82 Å². The molecule has 0 radical (unpaired) electrons. The van der Waals surface area contributed by atoms with E-state index < -0.39 is 15.8 Å². The van der Waals surface area contributed by atoms with Gasteiger partial charge in [0.15, 0.2) is 0 Å². The van der Waals surface area contributed by atoms with Crippen LogP contribution in [0, 0.1) is 18.7 Å². The van der Waals surface area contributed by atoms with Crippen molar-refractivity contribution in [1.29, 1.82) is 0 Å². The minimum Gasteiger partial charge on any atom is -0.399 e. The summed E-state index contributed by atoms with van der Waals surface area (Å²) in [7, 11) is -3.77. The van der Waals surface area contributed by atoms with Gasteiger partial charge in [0.05, 0.1) is 11.0 Å². The summed E-state index contributed by atoms with van der Waals surface area (Å²) in [5.74, 6) is -0.487. The summed E-state index contributed by atoms with van der Waals surface area (Å²) in [5.41, 5.74) is 5.67. The predicted molar refractivity (Wildman–Crippen MR) is 74.3 cm³/mol. The van der Waals surface area contributed by atoms with E-state index in [0.29, 0.717) is 6.61 Å². The molecule has 1 aromatic carbocycles. The maximum Gasteiger partial charge on any atom is 0.241 e. The highest BCUT2D eigenvalue weighted by molar-refractivity contribution is 7.89. The van der Waals surface area contributed by atoms with Gasteiger partial charge in [-0.05, 0) is 32.4 Å². The number of anilines is 1. The lowest BCUT2D eigenvalue weighted by Gasteiger charge is -2.16. The molecule has 0 saturated carbocycles. The van der Waals surface area contributed by atoms with Crippen molar-refractivity contribution >= 4 is 15.7 Å². The van der Waals surface area contributed by atoms with Gasteiger partial charge in [0.25, 0.3) is 0 Å². The highest BCUT2D eigenvalue weighted by Gasteiger charge is 2.27. The molecule has 1 fully saturated rings. The quantitative estimate of drug-likeness (QED) is 0.824. The Hall–Kier alpha value is -1.18. The van der Waals surface area contributed by atoms with E-state index in [1.807, 2.05) is 6.92 Å². The number of nitrogen functional groups attached to an aromatic ring is 1. The van der Waals surface area contributed by atoms with Crippen LogP contribution in [0.4, 0.5) is 10.1 Å². The Labute approximate surface area is 118 Å². The third kappa shape index (κ3) is 3.11. The Kier molecular flexibility index (Phi) is 4.31. The summed E-state index contributed by atoms with van der Waals surface area (Å²) < 4.78 is 46.0. The van der Waals surface area contributed by atoms with Crippen LogP contribution >= 0.6 is 0 Å². The van der Waals surface area contributed by atoms with Crippen LogP contribution in [0.15, 0.2) is 17.0 Å². The predicted octanol–water partition coefficient (Wildman–Crippen LogP) is 1.42. The van der Waals surface area contributed by atoms with Crippen molar-refractivity contribution in [3.63, 3.8) is 0 Å². The molecule has 0 amide bonds. The molecule has 0 aliphatic carbocycles. The normalized spacial score (nSPS) is 23.1. The number of hydrogen-bond acceptors (Lipinski definition) is 4. The zero-order valence-electron chi connectivity index (χ0n) is 11.5. The third-order valence-corrected chi connectivity index (χ3v) is 5.23. The van der Waals surface area contributed by atoms with Crippen LogP contribution in [0.3, 0.4) is 0 Å². The number of ether oxygens (including phenoxy) is 1. The molecule has 7 heteroatoms. The van der Waals surface area contributed by atoms with E-state index >= 15 is 0 Å². The number of nitrogens with one attached hydrogen (secondary N) is 1. The highest BCUT2D eigenvalue weighted by Crippen LogP contribution is 2.23. The van der Waals surface area contributed by atoms with E-state index in [1.54, 1.807) is 0 Å². The molecule has 5 nitrogen and oxygen atoms in total. The second-order valence-electron chi connectivity index (χ2n) is 5.10. The van der Waals surface area contributed by atoms with Crippen molar-refractivity contribution in [2.75, 3.05) is 18.9 Å². The molecule has 1 heterocycles. The van der Waals surface area contributed by atoms with Crippen LogP contribution in [-0.4, -0.2) is 27.7 Å². The van der Waals surface area contributed by atoms with E-state index in [-0.39, 0.29) is 34.7 Å². The van der Waals surface area contributed by atoms with Crippen LogP contribution < -0.4 is 10.5 Å². The molecule has 2 unspecified atom stereocenters. The first kappa shape index (κ1) is 15.2. The van der Waals surface area contributed by atoms with E-state index in [2.05, 4.69) is 4.72 Å². The average molecular weight is 302 g/mol. The molecule has 1 saturated heterocycles. The van der Waals surface area contributed by atoms with Gasteiger partial charge < -0.3 is 10.5 Å². The van der Waals surface area contributed by atoms with Crippen LogP contribution in [-0.2, 0) is 14.8 Å². The van der Waals surface area contributed by atoms with Crippen LogP contribution in [0.5, 0.6) is 0 Å². The second-order valence-corrected chi connectivity index (χ2v) is 6.84. The third-order valence-electron chi connectivity index (χ3n) is 3.68. The molecule has 0 spiro atoms. The largest absolute Gasteiger partial charge is 0.399 e. The second kappa shape index (κ2) is 5.67. The Morgan fingerprint density at radius 3 is 2.80 bits per heavy atom. The SMILES string of the molecule is Cc1c(F)cc(N)cc1S(=O)(=O)NCC1CCOC1C. The van der Waals surface area contributed by atoms with Crippen molar-refractivity contribution in [2.24, 2.45) is 5.92 Å². The molecule has 1 aliphatic heterocycles. The van der Waals surface area contributed by atoms with Gasteiger partial charge >= 0.3 is 0 Å². The summed E-state index contributed by atoms with van der Waals surface area (Å²) in [5, 5.41) is 0. The first-order chi connectivity index (χ1) is 9.31. The van der Waals surface area contributed by atoms with Crippen LogP contribution in [0.1, 0.15) is 18.9 Å². The van der Waals surface area contributed by atoms with Gasteiger partial charge in [-0.25, -0.2) is 17.5 Å². The van der Waals surface area contributed by atoms with E-state index in [1.165, 1.54) is 13.0 Å². The average Bonchev–Trinajstić information content (AvgIpc) is 2.77. The Morgan fingerprint density at radius 2 is 2.20 bits per heavy atom. The fourth-order valence-corrected chi connectivity index (χ4v) is 3.67. The first-order valence-electron chi connectivity index (χ1n) is 6.48. The fraction of sp³-hybridized carbons (Fsp3) is 0.538. The van der Waals surface area contributed by atoms with E-state index in [0.717, 1.165) is 12.5 Å². The Balaban J connectivity index is 2.18. The van der Waals surface area contributed by atoms with Crippen molar-refractivity contribution in [1.82, 2.24) is 4.72 Å². The molecule has 0 aromatic heterocycles. The number of rotatable bonds is 4. The standard InChI is InChI=1S/C13H19FN2O3S/c1-8-12(14)5-11(15)6-13(8)20(17,18)16-7-10-3-4-19-9(10)2/h5-6,9-10,16H,3-4,7,15H2,1-2H3. The molecule has 112 valence electrons.